The summed E-state index contributed by atoms with van der Waals surface area (Å²) >= 11 is 0. The molecule has 0 amide bonds. The topological polar surface area (TPSA) is 0 Å². The molecule has 78 valence electrons. The van der Waals surface area contributed by atoms with Crippen LogP contribution in [-0.2, 0) is 0 Å². The van der Waals surface area contributed by atoms with Gasteiger partial charge in [0.25, 0.3) is 0 Å². The highest BCUT2D eigenvalue weighted by atomic mass is 14.0. The maximum Gasteiger partial charge on any atom is -0.0323 e. The van der Waals surface area contributed by atoms with Crippen LogP contribution >= 0.6 is 0 Å². The van der Waals surface area contributed by atoms with Gasteiger partial charge in [0.1, 0.15) is 0 Å². The molecular weight excluding hydrogens is 156 g/mol. The second-order valence-corrected chi connectivity index (χ2v) is 4.02. The van der Waals surface area contributed by atoms with Crippen molar-refractivity contribution in [2.75, 3.05) is 0 Å². The van der Waals surface area contributed by atoms with Crippen LogP contribution < -0.4 is 0 Å². The van der Waals surface area contributed by atoms with Crippen LogP contribution in [0.25, 0.3) is 0 Å². The third-order valence-electron chi connectivity index (χ3n) is 2.52. The third-order valence-corrected chi connectivity index (χ3v) is 2.52. The smallest absolute Gasteiger partial charge is 0.0323 e. The Labute approximate surface area is 84.4 Å². The Morgan fingerprint density at radius 3 is 1.92 bits per heavy atom. The van der Waals surface area contributed by atoms with Crippen LogP contribution in [0, 0.1) is 0 Å². The van der Waals surface area contributed by atoms with Crippen LogP contribution in [0.5, 0.6) is 0 Å². The maximum atomic E-state index is 4.11. The lowest BCUT2D eigenvalue weighted by Crippen LogP contribution is -1.84. The molecule has 0 aliphatic rings. The fourth-order valence-corrected chi connectivity index (χ4v) is 1.53. The van der Waals surface area contributed by atoms with E-state index in [1.165, 1.54) is 63.4 Å². The first-order valence-electron chi connectivity index (χ1n) is 5.97. The molecule has 0 nitrogen and oxygen atoms in total. The van der Waals surface area contributed by atoms with Gasteiger partial charge in [-0.15, -0.1) is 0 Å². The third kappa shape index (κ3) is 9.66. The molecule has 0 heterocycles. The molecule has 0 aromatic rings. The lowest BCUT2D eigenvalue weighted by Gasteiger charge is -2.04. The summed E-state index contributed by atoms with van der Waals surface area (Å²) in [7, 11) is 0. The highest BCUT2D eigenvalue weighted by Gasteiger charge is 1.94. The molecule has 0 aliphatic heterocycles. The van der Waals surface area contributed by atoms with Crippen LogP contribution in [0.4, 0.5) is 0 Å². The molecule has 0 heteroatoms. The SMILES string of the molecule is C=C(CCCC)CCCCCCC. The van der Waals surface area contributed by atoms with Gasteiger partial charge in [0.15, 0.2) is 0 Å². The Bertz CT molecular complexity index is 113. The van der Waals surface area contributed by atoms with Gasteiger partial charge in [-0.1, -0.05) is 58.1 Å². The summed E-state index contributed by atoms with van der Waals surface area (Å²) in [6.07, 6.45) is 12.1. The predicted octanol–water partition coefficient (Wildman–Crippen LogP) is 5.09. The van der Waals surface area contributed by atoms with Crippen molar-refractivity contribution in [1.82, 2.24) is 0 Å². The van der Waals surface area contributed by atoms with Gasteiger partial charge >= 0.3 is 0 Å². The van der Waals surface area contributed by atoms with Gasteiger partial charge in [0.05, 0.1) is 0 Å². The van der Waals surface area contributed by atoms with Crippen molar-refractivity contribution in [2.24, 2.45) is 0 Å². The molecule has 0 rings (SSSR count). The molecule has 0 fully saturated rings. The minimum atomic E-state index is 1.25. The molecule has 0 unspecified atom stereocenters. The number of hydrogen-bond donors (Lipinski definition) is 0. The van der Waals surface area contributed by atoms with E-state index in [9.17, 15) is 0 Å². The minimum absolute atomic E-state index is 1.25. The van der Waals surface area contributed by atoms with E-state index in [2.05, 4.69) is 20.4 Å². The zero-order valence-corrected chi connectivity index (χ0v) is 9.57. The van der Waals surface area contributed by atoms with Crippen LogP contribution in [0.2, 0.25) is 0 Å². The first-order valence-corrected chi connectivity index (χ1v) is 5.97. The Balaban J connectivity index is 3.08. The van der Waals surface area contributed by atoms with Gasteiger partial charge in [-0.3, -0.25) is 0 Å². The summed E-state index contributed by atoms with van der Waals surface area (Å²) in [5, 5.41) is 0. The van der Waals surface area contributed by atoms with Crippen molar-refractivity contribution in [1.29, 1.82) is 0 Å². The highest BCUT2D eigenvalue weighted by Crippen LogP contribution is 2.14. The average Bonchev–Trinajstić information content (AvgIpc) is 2.14. The number of allylic oxidation sites excluding steroid dienone is 1. The van der Waals surface area contributed by atoms with E-state index in [1.807, 2.05) is 0 Å². The lowest BCUT2D eigenvalue weighted by atomic mass is 10.0. The second-order valence-electron chi connectivity index (χ2n) is 4.02. The van der Waals surface area contributed by atoms with Gasteiger partial charge in [-0.05, 0) is 25.7 Å². The minimum Gasteiger partial charge on any atom is -0.0999 e. The zero-order chi connectivity index (χ0) is 9.94. The fourth-order valence-electron chi connectivity index (χ4n) is 1.53. The molecule has 0 radical (unpaired) electrons. The number of unbranched alkanes of at least 4 members (excludes halogenated alkanes) is 5. The Hall–Kier alpha value is -0.260. The normalized spacial score (nSPS) is 10.3. The molecule has 0 N–H and O–H groups in total. The monoisotopic (exact) mass is 182 g/mol. The van der Waals surface area contributed by atoms with E-state index in [1.54, 1.807) is 0 Å². The van der Waals surface area contributed by atoms with Gasteiger partial charge in [0, 0.05) is 0 Å². The first kappa shape index (κ1) is 12.7. The quantitative estimate of drug-likeness (QED) is 0.344. The molecular formula is C13H26. The summed E-state index contributed by atoms with van der Waals surface area (Å²) in [6, 6.07) is 0. The molecule has 0 aromatic heterocycles. The summed E-state index contributed by atoms with van der Waals surface area (Å²) in [5.41, 5.74) is 1.47. The van der Waals surface area contributed by atoms with E-state index < -0.39 is 0 Å². The van der Waals surface area contributed by atoms with Crippen molar-refractivity contribution in [3.05, 3.63) is 12.2 Å². The zero-order valence-electron chi connectivity index (χ0n) is 9.57. The molecule has 0 spiro atoms. The van der Waals surface area contributed by atoms with E-state index in [-0.39, 0.29) is 0 Å². The van der Waals surface area contributed by atoms with Crippen molar-refractivity contribution in [2.45, 2.75) is 71.6 Å². The fraction of sp³-hybridized carbons (Fsp3) is 0.846. The Morgan fingerprint density at radius 1 is 0.769 bits per heavy atom. The largest absolute Gasteiger partial charge is 0.0999 e. The molecule has 13 heavy (non-hydrogen) atoms. The van der Waals surface area contributed by atoms with Crippen LogP contribution in [0.15, 0.2) is 12.2 Å². The molecule has 0 aliphatic carbocycles. The Morgan fingerprint density at radius 2 is 1.31 bits per heavy atom. The molecule has 0 bridgehead atoms. The van der Waals surface area contributed by atoms with E-state index >= 15 is 0 Å². The van der Waals surface area contributed by atoms with Gasteiger partial charge in [-0.25, -0.2) is 0 Å². The summed E-state index contributed by atoms with van der Waals surface area (Å²) in [4.78, 5) is 0. The van der Waals surface area contributed by atoms with Crippen LogP contribution in [0.3, 0.4) is 0 Å². The van der Waals surface area contributed by atoms with Crippen molar-refractivity contribution in [3.63, 3.8) is 0 Å². The van der Waals surface area contributed by atoms with E-state index in [0.717, 1.165) is 0 Å². The average molecular weight is 182 g/mol. The van der Waals surface area contributed by atoms with Crippen LogP contribution in [-0.4, -0.2) is 0 Å². The second kappa shape index (κ2) is 9.83. The van der Waals surface area contributed by atoms with Gasteiger partial charge < -0.3 is 0 Å². The molecule has 0 atom stereocenters. The summed E-state index contributed by atoms with van der Waals surface area (Å²) < 4.78 is 0. The van der Waals surface area contributed by atoms with E-state index in [0.29, 0.717) is 0 Å². The molecule has 0 saturated heterocycles. The summed E-state index contributed by atoms with van der Waals surface area (Å²) in [5.74, 6) is 0. The standard InChI is InChI=1S/C13H26/c1-4-6-8-9-10-12-13(3)11-7-5-2/h3-12H2,1-2H3. The van der Waals surface area contributed by atoms with Crippen molar-refractivity contribution >= 4 is 0 Å². The van der Waals surface area contributed by atoms with E-state index in [4.69, 9.17) is 0 Å². The van der Waals surface area contributed by atoms with Gasteiger partial charge in [0.2, 0.25) is 0 Å². The molecule has 0 aromatic carbocycles. The number of rotatable bonds is 9. The van der Waals surface area contributed by atoms with Crippen LogP contribution in [0.1, 0.15) is 71.6 Å². The number of hydrogen-bond acceptors (Lipinski definition) is 0. The van der Waals surface area contributed by atoms with Crippen molar-refractivity contribution < 1.29 is 0 Å². The Kier molecular flexibility index (Phi) is 9.63. The lowest BCUT2D eigenvalue weighted by molar-refractivity contribution is 0.620. The first-order chi connectivity index (χ1) is 6.31. The maximum absolute atomic E-state index is 4.11. The summed E-state index contributed by atoms with van der Waals surface area (Å²) in [6.45, 7) is 8.62. The van der Waals surface area contributed by atoms with Crippen molar-refractivity contribution in [3.8, 4) is 0 Å². The highest BCUT2D eigenvalue weighted by molar-refractivity contribution is 4.93. The predicted molar refractivity (Wildman–Crippen MR) is 62.0 cm³/mol. The molecule has 0 saturated carbocycles. The van der Waals surface area contributed by atoms with Gasteiger partial charge in [-0.2, -0.15) is 0 Å².